The predicted octanol–water partition coefficient (Wildman–Crippen LogP) is 3.04. The highest BCUT2D eigenvalue weighted by atomic mass is 16.5. The molecule has 3 atom stereocenters. The molecule has 10 nitrogen and oxygen atoms in total. The fraction of sp³-hybridized carbons (Fsp3) is 0.700. The van der Waals surface area contributed by atoms with E-state index in [1.165, 1.54) is 13.5 Å². The summed E-state index contributed by atoms with van der Waals surface area (Å²) in [6.45, 7) is 7.72. The van der Waals surface area contributed by atoms with Crippen LogP contribution in [0.1, 0.15) is 78.2 Å². The summed E-state index contributed by atoms with van der Waals surface area (Å²) in [5, 5.41) is 16.3. The molecule has 0 radical (unpaired) electrons. The number of anilines is 1. The number of nitrogens with zero attached hydrogens (tertiary/aromatic N) is 1. The first kappa shape index (κ1) is 31.8. The molecule has 1 saturated carbocycles. The lowest BCUT2D eigenvalue weighted by Gasteiger charge is -2.37. The van der Waals surface area contributed by atoms with Crippen LogP contribution in [-0.2, 0) is 25.5 Å². The van der Waals surface area contributed by atoms with Crippen LogP contribution in [0.2, 0.25) is 0 Å². The number of para-hydroxylation sites is 1. The van der Waals surface area contributed by atoms with Crippen molar-refractivity contribution < 1.29 is 29.0 Å². The molecule has 0 bridgehead atoms. The summed E-state index contributed by atoms with van der Waals surface area (Å²) >= 11 is 0. The monoisotopic (exact) mass is 560 g/mol. The molecule has 3 amide bonds. The van der Waals surface area contributed by atoms with E-state index < -0.39 is 29.3 Å². The van der Waals surface area contributed by atoms with Crippen molar-refractivity contribution in [3.05, 3.63) is 29.8 Å². The van der Waals surface area contributed by atoms with Crippen molar-refractivity contribution in [2.24, 2.45) is 11.1 Å². The van der Waals surface area contributed by atoms with Gasteiger partial charge in [0.15, 0.2) is 0 Å². The Labute approximate surface area is 238 Å². The van der Waals surface area contributed by atoms with Gasteiger partial charge in [0.25, 0.3) is 5.91 Å². The molecule has 0 spiro atoms. The second kappa shape index (κ2) is 13.8. The van der Waals surface area contributed by atoms with Crippen molar-refractivity contribution in [2.45, 2.75) is 109 Å². The van der Waals surface area contributed by atoms with Crippen LogP contribution < -0.4 is 21.3 Å². The Morgan fingerprint density at radius 2 is 1.80 bits per heavy atom. The standard InChI is InChI=1S/C30H48N4O6/c1-29(2,16-23(31)25(35)18-32-27(37)30(3,4)40-22-12-7-6-8-13-22)17-26(36)34-19-21(33-28(38)39-5)15-20-11-9-10-14-24(20)34/h9-11,14,21-23,25,35H,6-8,12-13,15-19,31H2,1-5H3,(H,32,37)(H,33,38)/t21?,23-,25-/m0/s1. The van der Waals surface area contributed by atoms with Gasteiger partial charge >= 0.3 is 6.09 Å². The first-order valence-corrected chi connectivity index (χ1v) is 14.4. The molecule has 0 aromatic heterocycles. The Hall–Kier alpha value is -2.69. The third kappa shape index (κ3) is 8.91. The number of rotatable bonds is 11. The zero-order chi connectivity index (χ0) is 29.5. The van der Waals surface area contributed by atoms with E-state index in [-0.39, 0.29) is 36.9 Å². The zero-order valence-corrected chi connectivity index (χ0v) is 24.7. The molecule has 0 saturated heterocycles. The van der Waals surface area contributed by atoms with Crippen LogP contribution in [0.15, 0.2) is 24.3 Å². The minimum absolute atomic E-state index is 0.00185. The van der Waals surface area contributed by atoms with Gasteiger partial charge < -0.3 is 35.8 Å². The SMILES string of the molecule is COC(=O)NC1Cc2ccccc2N(C(=O)CC(C)(C)C[C@H](N)[C@@H](O)CNC(=O)C(C)(C)OC2CCCCC2)C1. The Balaban J connectivity index is 1.54. The van der Waals surface area contributed by atoms with Crippen molar-refractivity contribution in [1.29, 1.82) is 0 Å². The van der Waals surface area contributed by atoms with E-state index in [1.54, 1.807) is 18.7 Å². The number of carbonyl (C=O) groups excluding carboxylic acids is 3. The van der Waals surface area contributed by atoms with E-state index in [1.807, 2.05) is 38.1 Å². The average molecular weight is 561 g/mol. The summed E-state index contributed by atoms with van der Waals surface area (Å²) in [6, 6.07) is 6.75. The van der Waals surface area contributed by atoms with Crippen LogP contribution in [0, 0.1) is 5.41 Å². The first-order valence-electron chi connectivity index (χ1n) is 14.4. The highest BCUT2D eigenvalue weighted by molar-refractivity contribution is 5.95. The largest absolute Gasteiger partial charge is 0.453 e. The topological polar surface area (TPSA) is 143 Å². The quantitative estimate of drug-likeness (QED) is 0.326. The van der Waals surface area contributed by atoms with Gasteiger partial charge in [0.1, 0.15) is 5.60 Å². The van der Waals surface area contributed by atoms with Gasteiger partial charge in [0.05, 0.1) is 25.4 Å². The van der Waals surface area contributed by atoms with E-state index in [4.69, 9.17) is 15.2 Å². The molecule has 3 rings (SSSR count). The van der Waals surface area contributed by atoms with Crippen LogP contribution in [0.5, 0.6) is 0 Å². The van der Waals surface area contributed by atoms with Crippen molar-refractivity contribution >= 4 is 23.6 Å². The Morgan fingerprint density at radius 3 is 2.48 bits per heavy atom. The molecule has 1 aliphatic heterocycles. The Bertz CT molecular complexity index is 1020. The summed E-state index contributed by atoms with van der Waals surface area (Å²) in [5.74, 6) is -0.372. The van der Waals surface area contributed by atoms with Crippen molar-refractivity contribution in [2.75, 3.05) is 25.1 Å². The minimum Gasteiger partial charge on any atom is -0.453 e. The summed E-state index contributed by atoms with van der Waals surface area (Å²) in [7, 11) is 1.31. The van der Waals surface area contributed by atoms with E-state index in [9.17, 15) is 19.5 Å². The van der Waals surface area contributed by atoms with E-state index >= 15 is 0 Å². The first-order chi connectivity index (χ1) is 18.8. The highest BCUT2D eigenvalue weighted by Crippen LogP contribution is 2.33. The van der Waals surface area contributed by atoms with Crippen LogP contribution in [0.25, 0.3) is 0 Å². The van der Waals surface area contributed by atoms with Gasteiger partial charge in [-0.15, -0.1) is 0 Å². The molecule has 1 aromatic rings. The zero-order valence-electron chi connectivity index (χ0n) is 24.7. The van der Waals surface area contributed by atoms with Crippen LogP contribution >= 0.6 is 0 Å². The summed E-state index contributed by atoms with van der Waals surface area (Å²) in [4.78, 5) is 39.9. The number of ether oxygens (including phenoxy) is 2. The molecular weight excluding hydrogens is 512 g/mol. The molecule has 224 valence electrons. The molecule has 1 unspecified atom stereocenters. The van der Waals surface area contributed by atoms with Crippen molar-refractivity contribution in [1.82, 2.24) is 10.6 Å². The van der Waals surface area contributed by atoms with Crippen LogP contribution in [0.4, 0.5) is 10.5 Å². The molecule has 1 aromatic carbocycles. The van der Waals surface area contributed by atoms with Gasteiger partial charge in [-0.3, -0.25) is 9.59 Å². The molecule has 5 N–H and O–H groups in total. The number of amides is 3. The highest BCUT2D eigenvalue weighted by Gasteiger charge is 2.36. The predicted molar refractivity (Wildman–Crippen MR) is 154 cm³/mol. The fourth-order valence-electron chi connectivity index (χ4n) is 5.72. The van der Waals surface area contributed by atoms with Gasteiger partial charge in [0.2, 0.25) is 5.91 Å². The van der Waals surface area contributed by atoms with Crippen molar-refractivity contribution in [3.63, 3.8) is 0 Å². The lowest BCUT2D eigenvalue weighted by molar-refractivity contribution is -0.152. The number of fused-ring (bicyclic) bond motifs is 1. The van der Waals surface area contributed by atoms with Crippen molar-refractivity contribution in [3.8, 4) is 0 Å². The number of nitrogens with one attached hydrogen (secondary N) is 2. The van der Waals surface area contributed by atoms with Crippen LogP contribution in [-0.4, -0.2) is 73.1 Å². The number of carbonyl (C=O) groups is 3. The minimum atomic E-state index is -0.997. The molecule has 1 aliphatic carbocycles. The summed E-state index contributed by atoms with van der Waals surface area (Å²) in [6.07, 6.45) is 5.10. The smallest absolute Gasteiger partial charge is 0.407 e. The number of hydrogen-bond acceptors (Lipinski definition) is 7. The normalized spacial score (nSPS) is 19.8. The molecule has 1 fully saturated rings. The van der Waals surface area contributed by atoms with Crippen LogP contribution in [0.3, 0.4) is 0 Å². The Morgan fingerprint density at radius 1 is 1.12 bits per heavy atom. The van der Waals surface area contributed by atoms with Gasteiger partial charge in [-0.2, -0.15) is 0 Å². The summed E-state index contributed by atoms with van der Waals surface area (Å²) < 4.78 is 10.8. The van der Waals surface area contributed by atoms with Gasteiger partial charge in [-0.05, 0) is 56.6 Å². The van der Waals surface area contributed by atoms with E-state index in [0.717, 1.165) is 36.9 Å². The maximum atomic E-state index is 13.5. The summed E-state index contributed by atoms with van der Waals surface area (Å²) in [5.41, 5.74) is 6.63. The number of aliphatic hydroxyl groups excluding tert-OH is 1. The number of alkyl carbamates (subject to hydrolysis) is 1. The number of aliphatic hydroxyl groups is 1. The third-order valence-electron chi connectivity index (χ3n) is 7.90. The second-order valence-electron chi connectivity index (χ2n) is 12.5. The maximum absolute atomic E-state index is 13.5. The molecule has 1 heterocycles. The molecule has 2 aliphatic rings. The molecule has 40 heavy (non-hydrogen) atoms. The maximum Gasteiger partial charge on any atom is 0.407 e. The second-order valence-corrected chi connectivity index (χ2v) is 12.5. The van der Waals surface area contributed by atoms with Gasteiger partial charge in [0, 0.05) is 31.2 Å². The van der Waals surface area contributed by atoms with Gasteiger partial charge in [-0.25, -0.2) is 4.79 Å². The molecule has 10 heteroatoms. The third-order valence-corrected chi connectivity index (χ3v) is 7.90. The fourth-order valence-corrected chi connectivity index (χ4v) is 5.72. The number of benzene rings is 1. The average Bonchev–Trinajstić information content (AvgIpc) is 2.90. The number of methoxy groups -OCH3 is 1. The Kier molecular flexibility index (Phi) is 11.0. The number of nitrogens with two attached hydrogens (primary N) is 1. The van der Waals surface area contributed by atoms with E-state index in [2.05, 4.69) is 10.6 Å². The lowest BCUT2D eigenvalue weighted by Crippen LogP contribution is -2.52. The van der Waals surface area contributed by atoms with Gasteiger partial charge in [-0.1, -0.05) is 51.3 Å². The molecular formula is C30H48N4O6. The van der Waals surface area contributed by atoms with E-state index in [0.29, 0.717) is 19.4 Å². The lowest BCUT2D eigenvalue weighted by atomic mass is 9.80. The number of hydrogen-bond donors (Lipinski definition) is 4.